The second kappa shape index (κ2) is 6.75. The molecule has 0 bridgehead atoms. The molecule has 1 atom stereocenters. The Morgan fingerprint density at radius 1 is 1.12 bits per heavy atom. The molecule has 0 spiro atoms. The van der Waals surface area contributed by atoms with E-state index in [1.807, 2.05) is 6.07 Å². The highest BCUT2D eigenvalue weighted by molar-refractivity contribution is 5.88. The van der Waals surface area contributed by atoms with E-state index in [-0.39, 0.29) is 16.7 Å². The topological polar surface area (TPSA) is 107 Å². The van der Waals surface area contributed by atoms with Gasteiger partial charge in [0.05, 0.1) is 11.6 Å². The summed E-state index contributed by atoms with van der Waals surface area (Å²) in [5.41, 5.74) is 0.0654. The molecule has 24 heavy (non-hydrogen) atoms. The zero-order valence-corrected chi connectivity index (χ0v) is 12.8. The van der Waals surface area contributed by atoms with Gasteiger partial charge in [-0.1, -0.05) is 0 Å². The van der Waals surface area contributed by atoms with Crippen molar-refractivity contribution in [2.75, 3.05) is 5.32 Å². The predicted octanol–water partition coefficient (Wildman–Crippen LogP) is 2.60. The van der Waals surface area contributed by atoms with Crippen molar-refractivity contribution in [1.82, 2.24) is 0 Å². The summed E-state index contributed by atoms with van der Waals surface area (Å²) < 4.78 is 0. The number of carbonyl (C=O) groups is 3. The number of aldehydes is 2. The number of hydrogen-bond donors (Lipinski definition) is 2. The SMILES string of the molecule is CC(Nc1ccc(C#N)cc1)(C(=O)O)c1cc(C=O)cc(C=O)c1. The molecule has 2 rings (SSSR count). The molecule has 0 amide bonds. The molecule has 6 nitrogen and oxygen atoms in total. The molecule has 0 saturated heterocycles. The summed E-state index contributed by atoms with van der Waals surface area (Å²) >= 11 is 0. The largest absolute Gasteiger partial charge is 0.479 e. The second-order valence-corrected chi connectivity index (χ2v) is 5.37. The van der Waals surface area contributed by atoms with Gasteiger partial charge in [-0.15, -0.1) is 0 Å². The van der Waals surface area contributed by atoms with Crippen molar-refractivity contribution in [2.45, 2.75) is 12.5 Å². The molecule has 2 aromatic rings. The average Bonchev–Trinajstić information content (AvgIpc) is 2.61. The van der Waals surface area contributed by atoms with Gasteiger partial charge in [0.15, 0.2) is 5.54 Å². The van der Waals surface area contributed by atoms with Crippen LogP contribution in [0.25, 0.3) is 0 Å². The molecular formula is C18H14N2O4. The van der Waals surface area contributed by atoms with Crippen LogP contribution in [0.2, 0.25) is 0 Å². The zero-order chi connectivity index (χ0) is 17.7. The zero-order valence-electron chi connectivity index (χ0n) is 12.8. The van der Waals surface area contributed by atoms with Crippen LogP contribution in [0.4, 0.5) is 5.69 Å². The quantitative estimate of drug-likeness (QED) is 0.792. The first-order chi connectivity index (χ1) is 11.4. The van der Waals surface area contributed by atoms with E-state index in [0.717, 1.165) is 0 Å². The Bertz CT molecular complexity index is 811. The lowest BCUT2D eigenvalue weighted by Gasteiger charge is -2.28. The maximum absolute atomic E-state index is 11.9. The summed E-state index contributed by atoms with van der Waals surface area (Å²) in [6, 6.07) is 12.5. The Morgan fingerprint density at radius 3 is 2.08 bits per heavy atom. The average molecular weight is 322 g/mol. The minimum Gasteiger partial charge on any atom is -0.479 e. The molecule has 0 fully saturated rings. The van der Waals surface area contributed by atoms with E-state index in [9.17, 15) is 19.5 Å². The summed E-state index contributed by atoms with van der Waals surface area (Å²) in [5, 5.41) is 21.4. The number of carboxylic acid groups (broad SMARTS) is 1. The third-order valence-electron chi connectivity index (χ3n) is 3.66. The first-order valence-electron chi connectivity index (χ1n) is 7.00. The van der Waals surface area contributed by atoms with Gasteiger partial charge in [-0.3, -0.25) is 9.59 Å². The fraction of sp³-hybridized carbons (Fsp3) is 0.111. The molecule has 2 N–H and O–H groups in total. The first kappa shape index (κ1) is 16.9. The van der Waals surface area contributed by atoms with Gasteiger partial charge in [0, 0.05) is 16.8 Å². The van der Waals surface area contributed by atoms with E-state index in [4.69, 9.17) is 5.26 Å². The monoisotopic (exact) mass is 322 g/mol. The summed E-state index contributed by atoms with van der Waals surface area (Å²) in [6.07, 6.45) is 1.11. The summed E-state index contributed by atoms with van der Waals surface area (Å²) in [4.78, 5) is 33.9. The Labute approximate surface area is 138 Å². The number of nitriles is 1. The van der Waals surface area contributed by atoms with Crippen LogP contribution < -0.4 is 5.32 Å². The van der Waals surface area contributed by atoms with Crippen LogP contribution in [-0.4, -0.2) is 23.6 Å². The molecule has 1 unspecified atom stereocenters. The van der Waals surface area contributed by atoms with Gasteiger partial charge >= 0.3 is 5.97 Å². The van der Waals surface area contributed by atoms with E-state index in [1.54, 1.807) is 24.3 Å². The highest BCUT2D eigenvalue weighted by Crippen LogP contribution is 2.28. The van der Waals surface area contributed by atoms with Crippen molar-refractivity contribution < 1.29 is 19.5 Å². The summed E-state index contributed by atoms with van der Waals surface area (Å²) in [6.45, 7) is 1.44. The van der Waals surface area contributed by atoms with E-state index in [2.05, 4.69) is 5.32 Å². The molecule has 2 aromatic carbocycles. The maximum Gasteiger partial charge on any atom is 0.333 e. The number of rotatable bonds is 6. The number of nitrogens with zero attached hydrogens (tertiary/aromatic N) is 1. The van der Waals surface area contributed by atoms with Gasteiger partial charge in [-0.25, -0.2) is 4.79 Å². The van der Waals surface area contributed by atoms with Crippen LogP contribution in [0.1, 0.15) is 38.8 Å². The fourth-order valence-electron chi connectivity index (χ4n) is 2.27. The van der Waals surface area contributed by atoms with Crippen molar-refractivity contribution in [3.05, 3.63) is 64.7 Å². The van der Waals surface area contributed by atoms with Crippen LogP contribution in [0.3, 0.4) is 0 Å². The van der Waals surface area contributed by atoms with Crippen molar-refractivity contribution >= 4 is 24.2 Å². The normalized spacial score (nSPS) is 12.5. The molecule has 0 radical (unpaired) electrons. The Hall–Kier alpha value is -3.46. The van der Waals surface area contributed by atoms with Gasteiger partial charge < -0.3 is 10.4 Å². The molecule has 0 saturated carbocycles. The minimum atomic E-state index is -1.56. The Kier molecular flexibility index (Phi) is 4.76. The lowest BCUT2D eigenvalue weighted by molar-refractivity contribution is -0.142. The third-order valence-corrected chi connectivity index (χ3v) is 3.66. The summed E-state index contributed by atoms with van der Waals surface area (Å²) in [7, 11) is 0. The van der Waals surface area contributed by atoms with E-state index in [1.165, 1.54) is 25.1 Å². The fourth-order valence-corrected chi connectivity index (χ4v) is 2.27. The van der Waals surface area contributed by atoms with Crippen molar-refractivity contribution in [3.8, 4) is 6.07 Å². The Morgan fingerprint density at radius 2 is 1.67 bits per heavy atom. The molecule has 0 aliphatic heterocycles. The number of anilines is 1. The van der Waals surface area contributed by atoms with Crippen LogP contribution in [0, 0.1) is 11.3 Å². The van der Waals surface area contributed by atoms with Crippen molar-refractivity contribution in [3.63, 3.8) is 0 Å². The number of nitrogens with one attached hydrogen (secondary N) is 1. The van der Waals surface area contributed by atoms with Crippen LogP contribution >= 0.6 is 0 Å². The van der Waals surface area contributed by atoms with Gasteiger partial charge in [0.2, 0.25) is 0 Å². The third kappa shape index (κ3) is 3.31. The first-order valence-corrected chi connectivity index (χ1v) is 7.00. The van der Waals surface area contributed by atoms with Crippen LogP contribution in [0.15, 0.2) is 42.5 Å². The van der Waals surface area contributed by atoms with E-state index in [0.29, 0.717) is 23.8 Å². The highest BCUT2D eigenvalue weighted by Gasteiger charge is 2.35. The van der Waals surface area contributed by atoms with E-state index < -0.39 is 11.5 Å². The standard InChI is InChI=1S/C18H14N2O4/c1-18(17(23)24,20-16-4-2-12(9-19)3-5-16)15-7-13(10-21)6-14(8-15)11-22/h2-8,10-11,20H,1H3,(H,23,24). The predicted molar refractivity (Wildman–Crippen MR) is 87.0 cm³/mol. The number of hydrogen-bond acceptors (Lipinski definition) is 5. The Balaban J connectivity index is 2.50. The summed E-state index contributed by atoms with van der Waals surface area (Å²) in [5.74, 6) is -1.17. The minimum absolute atomic E-state index is 0.212. The van der Waals surface area contributed by atoms with Crippen LogP contribution in [-0.2, 0) is 10.3 Å². The van der Waals surface area contributed by atoms with E-state index >= 15 is 0 Å². The van der Waals surface area contributed by atoms with Gasteiger partial charge in [0.1, 0.15) is 12.6 Å². The van der Waals surface area contributed by atoms with Crippen molar-refractivity contribution in [1.29, 1.82) is 5.26 Å². The lowest BCUT2D eigenvalue weighted by atomic mass is 9.89. The molecular weight excluding hydrogens is 308 g/mol. The molecule has 6 heteroatoms. The second-order valence-electron chi connectivity index (χ2n) is 5.37. The van der Waals surface area contributed by atoms with Crippen molar-refractivity contribution in [2.24, 2.45) is 0 Å². The lowest BCUT2D eigenvalue weighted by Crippen LogP contribution is -2.40. The van der Waals surface area contributed by atoms with Gasteiger partial charge in [-0.05, 0) is 55.0 Å². The number of benzene rings is 2. The number of aliphatic carboxylic acids is 1. The van der Waals surface area contributed by atoms with Gasteiger partial charge in [0.25, 0.3) is 0 Å². The molecule has 0 heterocycles. The smallest absolute Gasteiger partial charge is 0.333 e. The number of carbonyl (C=O) groups excluding carboxylic acids is 2. The molecule has 120 valence electrons. The van der Waals surface area contributed by atoms with Crippen LogP contribution in [0.5, 0.6) is 0 Å². The number of carboxylic acids is 1. The molecule has 0 aromatic heterocycles. The highest BCUT2D eigenvalue weighted by atomic mass is 16.4. The molecule has 0 aliphatic carbocycles. The van der Waals surface area contributed by atoms with Gasteiger partial charge in [-0.2, -0.15) is 5.26 Å². The molecule has 0 aliphatic rings. The maximum atomic E-state index is 11.9.